The van der Waals surface area contributed by atoms with Crippen molar-refractivity contribution in [1.82, 2.24) is 15.3 Å². The van der Waals surface area contributed by atoms with E-state index in [1.54, 1.807) is 0 Å². The summed E-state index contributed by atoms with van der Waals surface area (Å²) in [6, 6.07) is 0. The highest BCUT2D eigenvalue weighted by Crippen LogP contribution is 2.21. The van der Waals surface area contributed by atoms with Crippen LogP contribution in [-0.4, -0.2) is 49.7 Å². The Bertz CT molecular complexity index is 204. The Labute approximate surface area is 120 Å². The molecule has 3 heteroatoms. The maximum absolute atomic E-state index is 3.26. The first kappa shape index (κ1) is 16.9. The largest absolute Gasteiger partial charge is 0.303 e. The topological polar surface area (TPSA) is 18.5 Å². The molecule has 0 radical (unpaired) electrons. The summed E-state index contributed by atoms with van der Waals surface area (Å²) < 4.78 is 0. The summed E-state index contributed by atoms with van der Waals surface area (Å²) in [5.74, 6) is 1.93. The monoisotopic (exact) mass is 269 g/mol. The number of piperidine rings is 2. The van der Waals surface area contributed by atoms with Crippen LogP contribution in [0.5, 0.6) is 0 Å². The average Bonchev–Trinajstić information content (AvgIpc) is 2.49. The number of nitrogens with zero attached hydrogens (tertiary/aromatic N) is 2. The number of hydrazine groups is 1. The lowest BCUT2D eigenvalue weighted by molar-refractivity contribution is 0.119. The third-order valence-corrected chi connectivity index (χ3v) is 4.66. The lowest BCUT2D eigenvalue weighted by Gasteiger charge is -2.34. The molecule has 0 aliphatic carbocycles. The van der Waals surface area contributed by atoms with E-state index in [1.807, 2.05) is 20.9 Å². The Morgan fingerprint density at radius 3 is 2.05 bits per heavy atom. The van der Waals surface area contributed by atoms with Gasteiger partial charge in [0.15, 0.2) is 0 Å². The lowest BCUT2D eigenvalue weighted by atomic mass is 9.93. The van der Waals surface area contributed by atoms with Gasteiger partial charge in [0.2, 0.25) is 0 Å². The predicted octanol–water partition coefficient (Wildman–Crippen LogP) is 2.98. The van der Waals surface area contributed by atoms with Gasteiger partial charge in [-0.05, 0) is 70.6 Å². The fourth-order valence-electron chi connectivity index (χ4n) is 3.10. The highest BCUT2D eigenvalue weighted by atomic mass is 15.5. The number of nitrogens with one attached hydrogen (secondary N) is 1. The number of hydrogen-bond donors (Lipinski definition) is 1. The average molecular weight is 269 g/mol. The Balaban J connectivity index is 0.000000861. The highest BCUT2D eigenvalue weighted by Gasteiger charge is 2.20. The van der Waals surface area contributed by atoms with Gasteiger partial charge in [-0.3, -0.25) is 5.43 Å². The Morgan fingerprint density at radius 1 is 0.947 bits per heavy atom. The summed E-state index contributed by atoms with van der Waals surface area (Å²) in [6.45, 7) is 12.9. The molecule has 1 N–H and O–H groups in total. The molecule has 0 aromatic carbocycles. The van der Waals surface area contributed by atoms with Crippen molar-refractivity contribution >= 4 is 0 Å². The molecule has 0 spiro atoms. The summed E-state index contributed by atoms with van der Waals surface area (Å²) in [6.07, 6.45) is 7.01. The van der Waals surface area contributed by atoms with E-state index < -0.39 is 0 Å². The van der Waals surface area contributed by atoms with E-state index in [0.717, 1.165) is 11.8 Å². The van der Waals surface area contributed by atoms with E-state index in [4.69, 9.17) is 0 Å². The molecule has 2 saturated heterocycles. The van der Waals surface area contributed by atoms with Crippen LogP contribution >= 0.6 is 0 Å². The van der Waals surface area contributed by atoms with E-state index in [0.29, 0.717) is 0 Å². The first-order valence-electron chi connectivity index (χ1n) is 8.42. The maximum Gasteiger partial charge on any atom is 0.0133 e. The molecule has 114 valence electrons. The van der Waals surface area contributed by atoms with Gasteiger partial charge >= 0.3 is 0 Å². The zero-order valence-electron chi connectivity index (χ0n) is 13.6. The lowest BCUT2D eigenvalue weighted by Crippen LogP contribution is -2.42. The van der Waals surface area contributed by atoms with Gasteiger partial charge in [0.1, 0.15) is 0 Å². The van der Waals surface area contributed by atoms with Crippen molar-refractivity contribution in [3.63, 3.8) is 0 Å². The van der Waals surface area contributed by atoms with Crippen LogP contribution in [0.25, 0.3) is 0 Å². The molecule has 0 saturated carbocycles. The SMILES string of the molecule is CC.CNN1CCC(CCN2CCC(C)CC2)CC1. The van der Waals surface area contributed by atoms with Gasteiger partial charge in [0, 0.05) is 13.1 Å². The van der Waals surface area contributed by atoms with Crippen molar-refractivity contribution in [3.8, 4) is 0 Å². The summed E-state index contributed by atoms with van der Waals surface area (Å²) in [5, 5.41) is 2.35. The molecule has 0 bridgehead atoms. The summed E-state index contributed by atoms with van der Waals surface area (Å²) in [5.41, 5.74) is 3.26. The van der Waals surface area contributed by atoms with Crippen LogP contribution in [-0.2, 0) is 0 Å². The van der Waals surface area contributed by atoms with E-state index in [2.05, 4.69) is 22.3 Å². The van der Waals surface area contributed by atoms with Crippen LogP contribution in [0.2, 0.25) is 0 Å². The molecule has 19 heavy (non-hydrogen) atoms. The molecule has 0 aromatic heterocycles. The summed E-state index contributed by atoms with van der Waals surface area (Å²) in [4.78, 5) is 2.68. The second kappa shape index (κ2) is 9.73. The molecule has 2 fully saturated rings. The second-order valence-electron chi connectivity index (χ2n) is 5.97. The summed E-state index contributed by atoms with van der Waals surface area (Å²) in [7, 11) is 2.04. The van der Waals surface area contributed by atoms with Gasteiger partial charge in [-0.1, -0.05) is 20.8 Å². The van der Waals surface area contributed by atoms with Gasteiger partial charge in [-0.15, -0.1) is 0 Å². The summed E-state index contributed by atoms with van der Waals surface area (Å²) >= 11 is 0. The highest BCUT2D eigenvalue weighted by molar-refractivity contribution is 4.74. The molecule has 2 rings (SSSR count). The smallest absolute Gasteiger partial charge is 0.0133 e. The predicted molar refractivity (Wildman–Crippen MR) is 84.2 cm³/mol. The first-order valence-corrected chi connectivity index (χ1v) is 8.42. The minimum absolute atomic E-state index is 0.963. The van der Waals surface area contributed by atoms with E-state index in [1.165, 1.54) is 64.8 Å². The van der Waals surface area contributed by atoms with Crippen LogP contribution in [0.1, 0.15) is 52.9 Å². The standard InChI is InChI=1S/C14H29N3.C2H6/c1-13-3-8-16(9-4-13)10-5-14-6-11-17(15-2)12-7-14;1-2/h13-15H,3-12H2,1-2H3;1-2H3. The third kappa shape index (κ3) is 6.24. The van der Waals surface area contributed by atoms with Crippen molar-refractivity contribution < 1.29 is 0 Å². The van der Waals surface area contributed by atoms with Crippen molar-refractivity contribution in [3.05, 3.63) is 0 Å². The first-order chi connectivity index (χ1) is 9.28. The van der Waals surface area contributed by atoms with Gasteiger partial charge in [0.25, 0.3) is 0 Å². The van der Waals surface area contributed by atoms with Crippen LogP contribution in [0.4, 0.5) is 0 Å². The van der Waals surface area contributed by atoms with Crippen molar-refractivity contribution in [2.45, 2.75) is 52.9 Å². The minimum atomic E-state index is 0.963. The second-order valence-corrected chi connectivity index (χ2v) is 5.97. The third-order valence-electron chi connectivity index (χ3n) is 4.66. The van der Waals surface area contributed by atoms with E-state index in [9.17, 15) is 0 Å². The van der Waals surface area contributed by atoms with Crippen LogP contribution in [0.3, 0.4) is 0 Å². The van der Waals surface area contributed by atoms with Crippen LogP contribution in [0.15, 0.2) is 0 Å². The molecule has 3 nitrogen and oxygen atoms in total. The molecule has 0 amide bonds. The molecule has 2 aliphatic heterocycles. The van der Waals surface area contributed by atoms with Gasteiger partial charge in [0.05, 0.1) is 0 Å². The molecule has 0 atom stereocenters. The molecule has 2 aliphatic rings. The fraction of sp³-hybridized carbons (Fsp3) is 1.00. The molecule has 0 unspecified atom stereocenters. The zero-order valence-corrected chi connectivity index (χ0v) is 13.6. The van der Waals surface area contributed by atoms with Crippen molar-refractivity contribution in [2.75, 3.05) is 39.8 Å². The van der Waals surface area contributed by atoms with Crippen molar-refractivity contribution in [1.29, 1.82) is 0 Å². The number of hydrogen-bond acceptors (Lipinski definition) is 3. The number of likely N-dealkylation sites (tertiary alicyclic amines) is 1. The van der Waals surface area contributed by atoms with Gasteiger partial charge < -0.3 is 4.90 Å². The van der Waals surface area contributed by atoms with Crippen molar-refractivity contribution in [2.24, 2.45) is 11.8 Å². The van der Waals surface area contributed by atoms with E-state index >= 15 is 0 Å². The quantitative estimate of drug-likeness (QED) is 0.846. The molecular formula is C16H35N3. The van der Waals surface area contributed by atoms with E-state index in [-0.39, 0.29) is 0 Å². The normalized spacial score (nSPS) is 24.0. The maximum atomic E-state index is 3.26. The molecular weight excluding hydrogens is 234 g/mol. The molecule has 2 heterocycles. The molecule has 0 aromatic rings. The number of rotatable bonds is 4. The fourth-order valence-corrected chi connectivity index (χ4v) is 3.10. The Morgan fingerprint density at radius 2 is 1.53 bits per heavy atom. The zero-order chi connectivity index (χ0) is 14.1. The Kier molecular flexibility index (Phi) is 8.67. The van der Waals surface area contributed by atoms with Gasteiger partial charge in [-0.2, -0.15) is 0 Å². The van der Waals surface area contributed by atoms with Gasteiger partial charge in [-0.25, -0.2) is 5.01 Å². The van der Waals surface area contributed by atoms with Crippen LogP contribution in [0, 0.1) is 11.8 Å². The Hall–Kier alpha value is -0.120. The minimum Gasteiger partial charge on any atom is -0.303 e. The van der Waals surface area contributed by atoms with Crippen LogP contribution < -0.4 is 5.43 Å².